The molecule has 0 aromatic rings. The molecule has 6 N–H and O–H groups in total. The van der Waals surface area contributed by atoms with Gasteiger partial charge in [-0.3, -0.25) is 19.2 Å². The van der Waals surface area contributed by atoms with Crippen LogP contribution in [0.4, 0.5) is 0 Å². The molecule has 436 valence electrons. The Morgan fingerprint density at radius 1 is 0.205 bits per heavy atom. The molecule has 0 saturated carbocycles. The number of carboxylic acids is 4. The SMILES string of the molecule is CCCCCCCCCCCCCC(=O)O.CCCCCCCCCCCCCCCC(=O)O.CCCCCCCCCCCCCCCC(=O)O.CCCCCCCCCCCCCCCC(=O)O.O.[AlH3].[KH]. The Balaban J connectivity index is -0.000000157. The minimum absolute atomic E-state index is 0. The van der Waals surface area contributed by atoms with Crippen LogP contribution in [0.3, 0.4) is 0 Å². The first-order valence-electron chi connectivity index (χ1n) is 31.0. The van der Waals surface area contributed by atoms with Crippen LogP contribution in [0.25, 0.3) is 0 Å². The van der Waals surface area contributed by atoms with Crippen LogP contribution in [0.1, 0.15) is 374 Å². The summed E-state index contributed by atoms with van der Waals surface area (Å²) in [7, 11) is 0. The summed E-state index contributed by atoms with van der Waals surface area (Å²) >= 11 is 0. The van der Waals surface area contributed by atoms with Crippen LogP contribution in [-0.2, 0) is 19.2 Å². The predicted molar refractivity (Wildman–Crippen MR) is 323 cm³/mol. The van der Waals surface area contributed by atoms with E-state index in [9.17, 15) is 19.2 Å². The van der Waals surface area contributed by atoms with Crippen molar-refractivity contribution in [3.8, 4) is 0 Å². The molecule has 0 aliphatic heterocycles. The third kappa shape index (κ3) is 105. The molecule has 0 aliphatic carbocycles. The van der Waals surface area contributed by atoms with E-state index in [0.29, 0.717) is 25.7 Å². The number of carboxylic acid groups (broad SMARTS) is 4. The van der Waals surface area contributed by atoms with Crippen molar-refractivity contribution in [3.05, 3.63) is 0 Å². The zero-order valence-corrected chi connectivity index (χ0v) is 48.1. The Morgan fingerprint density at radius 3 is 0.370 bits per heavy atom. The topological polar surface area (TPSA) is 181 Å². The Kier molecular flexibility index (Phi) is 99.2. The molecule has 0 aromatic carbocycles. The van der Waals surface area contributed by atoms with Gasteiger partial charge in [0.2, 0.25) is 0 Å². The van der Waals surface area contributed by atoms with Crippen molar-refractivity contribution in [1.29, 1.82) is 0 Å². The van der Waals surface area contributed by atoms with Gasteiger partial charge in [-0.05, 0) is 25.7 Å². The van der Waals surface area contributed by atoms with Crippen molar-refractivity contribution in [2.45, 2.75) is 374 Å². The van der Waals surface area contributed by atoms with Gasteiger partial charge in [-0.25, -0.2) is 0 Å². The van der Waals surface area contributed by atoms with Gasteiger partial charge >= 0.3 is 75.3 Å². The van der Waals surface area contributed by atoms with Gasteiger partial charge in [-0.1, -0.05) is 323 Å². The van der Waals surface area contributed by atoms with Crippen molar-refractivity contribution in [1.82, 2.24) is 0 Å². The molecular formula is C62H130AlKO9. The second-order valence-electron chi connectivity index (χ2n) is 20.8. The quantitative estimate of drug-likeness (QED) is 0.0343. The van der Waals surface area contributed by atoms with Crippen molar-refractivity contribution >= 4 is 92.6 Å². The van der Waals surface area contributed by atoms with Gasteiger partial charge in [-0.2, -0.15) is 0 Å². The van der Waals surface area contributed by atoms with Crippen molar-refractivity contribution in [3.63, 3.8) is 0 Å². The van der Waals surface area contributed by atoms with Gasteiger partial charge in [-0.15, -0.1) is 0 Å². The van der Waals surface area contributed by atoms with Gasteiger partial charge in [0.15, 0.2) is 17.4 Å². The summed E-state index contributed by atoms with van der Waals surface area (Å²) in [4.78, 5) is 41.2. The van der Waals surface area contributed by atoms with E-state index >= 15 is 0 Å². The summed E-state index contributed by atoms with van der Waals surface area (Å²) in [6.07, 6.45) is 66.2. The van der Waals surface area contributed by atoms with E-state index in [4.69, 9.17) is 20.4 Å². The van der Waals surface area contributed by atoms with Crippen LogP contribution in [0.15, 0.2) is 0 Å². The number of hydrogen-bond donors (Lipinski definition) is 4. The molecule has 0 bridgehead atoms. The standard InChI is InChI=1S/3C16H32O2.C14H28O2.Al.K.H2O.4H/c3*1-2-3-4-5-6-7-8-9-10-11-12-13-14-15-16(17)18;1-2-3-4-5-6-7-8-9-10-11-12-13-14(15)16;;;;;;;/h3*2-15H2,1H3,(H,17,18);2-13H2,1H3,(H,15,16);;;1H2;;;;. The average molecular weight is 1090 g/mol. The maximum absolute atomic E-state index is 10.3. The Hall–Kier alpha value is 0.00883. The average Bonchev–Trinajstić information content (AvgIpc) is 3.33. The number of hydrogen-bond acceptors (Lipinski definition) is 4. The third-order valence-corrected chi connectivity index (χ3v) is 13.5. The molecule has 0 aromatic heterocycles. The van der Waals surface area contributed by atoms with E-state index in [0.717, 1.165) is 51.4 Å². The van der Waals surface area contributed by atoms with Gasteiger partial charge < -0.3 is 25.9 Å². The first-order chi connectivity index (χ1) is 34.1. The Bertz CT molecular complexity index is 924. The number of unbranched alkanes of at least 4 members (excludes halogenated alkanes) is 46. The fourth-order valence-electron chi connectivity index (χ4n) is 8.82. The fourth-order valence-corrected chi connectivity index (χ4v) is 8.82. The van der Waals surface area contributed by atoms with Crippen molar-refractivity contribution in [2.75, 3.05) is 0 Å². The third-order valence-electron chi connectivity index (χ3n) is 13.5. The summed E-state index contributed by atoms with van der Waals surface area (Å²) in [5.41, 5.74) is 0. The fraction of sp³-hybridized carbons (Fsp3) is 0.935. The Morgan fingerprint density at radius 2 is 0.288 bits per heavy atom. The summed E-state index contributed by atoms with van der Waals surface area (Å²) in [5.74, 6) is -2.62. The molecule has 0 amide bonds. The summed E-state index contributed by atoms with van der Waals surface area (Å²) in [6, 6.07) is 0. The van der Waals surface area contributed by atoms with E-state index < -0.39 is 23.9 Å². The van der Waals surface area contributed by atoms with E-state index in [1.54, 1.807) is 0 Å². The summed E-state index contributed by atoms with van der Waals surface area (Å²) in [6.45, 7) is 9.03. The van der Waals surface area contributed by atoms with Crippen LogP contribution < -0.4 is 0 Å². The molecule has 0 fully saturated rings. The molecule has 0 radical (unpaired) electrons. The first-order valence-corrected chi connectivity index (χ1v) is 31.0. The van der Waals surface area contributed by atoms with Crippen LogP contribution >= 0.6 is 0 Å². The zero-order valence-electron chi connectivity index (χ0n) is 48.1. The molecule has 0 spiro atoms. The van der Waals surface area contributed by atoms with Crippen molar-refractivity contribution in [2.24, 2.45) is 0 Å². The first kappa shape index (κ1) is 86.9. The molecule has 0 saturated heterocycles. The molecule has 0 atom stereocenters. The second kappa shape index (κ2) is 83.3. The van der Waals surface area contributed by atoms with Gasteiger partial charge in [0.25, 0.3) is 0 Å². The molecule has 0 heterocycles. The van der Waals surface area contributed by atoms with Gasteiger partial charge in [0.1, 0.15) is 0 Å². The molecule has 0 rings (SSSR count). The zero-order chi connectivity index (χ0) is 52.5. The van der Waals surface area contributed by atoms with E-state index in [1.807, 2.05) is 0 Å². The van der Waals surface area contributed by atoms with Gasteiger partial charge in [0, 0.05) is 25.7 Å². The van der Waals surface area contributed by atoms with E-state index in [-0.39, 0.29) is 74.2 Å². The molecular weight excluding hydrogens is 955 g/mol. The number of rotatable bonds is 54. The van der Waals surface area contributed by atoms with E-state index in [2.05, 4.69) is 27.7 Å². The van der Waals surface area contributed by atoms with E-state index in [1.165, 1.54) is 270 Å². The van der Waals surface area contributed by atoms with Crippen LogP contribution in [0.2, 0.25) is 0 Å². The van der Waals surface area contributed by atoms with Crippen LogP contribution in [0.5, 0.6) is 0 Å². The molecule has 73 heavy (non-hydrogen) atoms. The maximum atomic E-state index is 10.3. The summed E-state index contributed by atoms with van der Waals surface area (Å²) < 4.78 is 0. The monoisotopic (exact) mass is 1080 g/mol. The normalized spacial score (nSPS) is 10.2. The van der Waals surface area contributed by atoms with Gasteiger partial charge in [0.05, 0.1) is 0 Å². The van der Waals surface area contributed by atoms with Crippen LogP contribution in [-0.4, -0.2) is 119 Å². The molecule has 0 aliphatic rings. The van der Waals surface area contributed by atoms with Crippen molar-refractivity contribution < 1.29 is 45.1 Å². The molecule has 11 heteroatoms. The second-order valence-corrected chi connectivity index (χ2v) is 20.8. The number of aliphatic carboxylic acids is 4. The predicted octanol–water partition coefficient (Wildman–Crippen LogP) is 18.8. The summed E-state index contributed by atoms with van der Waals surface area (Å²) in [5, 5.41) is 33.9. The number of carbonyl (C=O) groups is 4. The molecule has 0 unspecified atom stereocenters. The minimum atomic E-state index is -0.657. The van der Waals surface area contributed by atoms with Crippen LogP contribution in [0, 0.1) is 0 Å². The molecule has 9 nitrogen and oxygen atoms in total. The Labute approximate surface area is 507 Å².